The second-order valence-corrected chi connectivity index (χ2v) is 2.65. The quantitative estimate of drug-likeness (QED) is 0.542. The lowest BCUT2D eigenvalue weighted by Crippen LogP contribution is -2.16. The van der Waals surface area contributed by atoms with E-state index in [-0.39, 0.29) is 11.5 Å². The number of rotatable bonds is 1. The monoisotopic (exact) mass is 192 g/mol. The highest BCUT2D eigenvalue weighted by atomic mass is 16.1. The Kier molecular flexibility index (Phi) is 1.70. The summed E-state index contributed by atoms with van der Waals surface area (Å²) in [6, 6.07) is 1.59. The van der Waals surface area contributed by atoms with Gasteiger partial charge in [0, 0.05) is 12.3 Å². The number of anilines is 2. The van der Waals surface area contributed by atoms with Gasteiger partial charge >= 0.3 is 0 Å². The van der Waals surface area contributed by atoms with Crippen molar-refractivity contribution in [2.45, 2.75) is 0 Å². The summed E-state index contributed by atoms with van der Waals surface area (Å²) in [6.07, 6.45) is 2.83. The number of H-pyrrole nitrogens is 1. The summed E-state index contributed by atoms with van der Waals surface area (Å²) in [5.41, 5.74) is 10.5. The molecule has 0 aromatic carbocycles. The van der Waals surface area contributed by atoms with E-state index in [9.17, 15) is 4.79 Å². The van der Waals surface area contributed by atoms with Gasteiger partial charge in [0.05, 0.1) is 6.33 Å². The predicted molar refractivity (Wildman–Crippen MR) is 50.8 cm³/mol. The van der Waals surface area contributed by atoms with Crippen LogP contribution in [0.25, 0.3) is 5.82 Å². The van der Waals surface area contributed by atoms with Gasteiger partial charge in [0.15, 0.2) is 5.82 Å². The molecule has 2 heterocycles. The van der Waals surface area contributed by atoms with E-state index in [4.69, 9.17) is 11.5 Å². The molecule has 2 aromatic rings. The standard InChI is InChI=1S/C7H8N6O/c8-4-1-2-13(12-4)6-5(9)7(14)11-3-10-6/h1-3H,9H2,(H2,8,12)(H,10,11,14). The molecule has 0 bridgehead atoms. The second-order valence-electron chi connectivity index (χ2n) is 2.65. The largest absolute Gasteiger partial charge is 0.391 e. The molecule has 5 N–H and O–H groups in total. The molecule has 0 aliphatic heterocycles. The van der Waals surface area contributed by atoms with E-state index >= 15 is 0 Å². The highest BCUT2D eigenvalue weighted by Gasteiger charge is 2.07. The first kappa shape index (κ1) is 8.30. The summed E-state index contributed by atoms with van der Waals surface area (Å²) in [5, 5.41) is 3.88. The number of aromatic nitrogens is 4. The van der Waals surface area contributed by atoms with Crippen LogP contribution in [-0.4, -0.2) is 19.7 Å². The summed E-state index contributed by atoms with van der Waals surface area (Å²) in [7, 11) is 0. The molecule has 7 nitrogen and oxygen atoms in total. The first-order valence-electron chi connectivity index (χ1n) is 3.83. The molecule has 0 fully saturated rings. The van der Waals surface area contributed by atoms with Crippen LogP contribution < -0.4 is 17.0 Å². The number of hydrogen-bond donors (Lipinski definition) is 3. The van der Waals surface area contributed by atoms with E-state index in [2.05, 4.69) is 15.1 Å². The summed E-state index contributed by atoms with van der Waals surface area (Å²) >= 11 is 0. The van der Waals surface area contributed by atoms with Gasteiger partial charge in [0.2, 0.25) is 0 Å². The first-order chi connectivity index (χ1) is 6.68. The highest BCUT2D eigenvalue weighted by molar-refractivity contribution is 5.50. The van der Waals surface area contributed by atoms with Gasteiger partial charge < -0.3 is 16.5 Å². The molecule has 14 heavy (non-hydrogen) atoms. The Morgan fingerprint density at radius 2 is 2.21 bits per heavy atom. The van der Waals surface area contributed by atoms with Gasteiger partial charge in [-0.1, -0.05) is 0 Å². The van der Waals surface area contributed by atoms with Crippen LogP contribution >= 0.6 is 0 Å². The van der Waals surface area contributed by atoms with Gasteiger partial charge in [-0.25, -0.2) is 9.67 Å². The average Bonchev–Trinajstić information content (AvgIpc) is 2.57. The van der Waals surface area contributed by atoms with Crippen molar-refractivity contribution in [2.75, 3.05) is 11.5 Å². The Labute approximate surface area is 78.4 Å². The fraction of sp³-hybridized carbons (Fsp3) is 0. The lowest BCUT2D eigenvalue weighted by Gasteiger charge is -2.01. The van der Waals surface area contributed by atoms with Crippen LogP contribution in [0.1, 0.15) is 0 Å². The zero-order valence-electron chi connectivity index (χ0n) is 7.14. The smallest absolute Gasteiger partial charge is 0.276 e. The van der Waals surface area contributed by atoms with Crippen molar-refractivity contribution in [1.29, 1.82) is 0 Å². The van der Waals surface area contributed by atoms with E-state index in [0.717, 1.165) is 0 Å². The molecule has 72 valence electrons. The molecule has 0 amide bonds. The van der Waals surface area contributed by atoms with Crippen LogP contribution in [-0.2, 0) is 0 Å². The Balaban J connectivity index is 2.63. The number of aromatic amines is 1. The highest BCUT2D eigenvalue weighted by Crippen LogP contribution is 2.08. The number of nitrogens with one attached hydrogen (secondary N) is 1. The maximum atomic E-state index is 11.1. The van der Waals surface area contributed by atoms with Crippen molar-refractivity contribution < 1.29 is 0 Å². The Morgan fingerprint density at radius 1 is 1.43 bits per heavy atom. The Morgan fingerprint density at radius 3 is 2.86 bits per heavy atom. The predicted octanol–water partition coefficient (Wildman–Crippen LogP) is -0.880. The van der Waals surface area contributed by atoms with Crippen LogP contribution in [0.3, 0.4) is 0 Å². The van der Waals surface area contributed by atoms with Crippen LogP contribution in [0.2, 0.25) is 0 Å². The fourth-order valence-electron chi connectivity index (χ4n) is 1.04. The number of nitrogen functional groups attached to an aromatic ring is 2. The topological polar surface area (TPSA) is 116 Å². The van der Waals surface area contributed by atoms with E-state index < -0.39 is 5.56 Å². The number of nitrogens with zero attached hydrogens (tertiary/aromatic N) is 3. The fourth-order valence-corrected chi connectivity index (χ4v) is 1.04. The van der Waals surface area contributed by atoms with E-state index in [0.29, 0.717) is 5.82 Å². The minimum atomic E-state index is -0.399. The molecular formula is C7H8N6O. The second kappa shape index (κ2) is 2.87. The lowest BCUT2D eigenvalue weighted by molar-refractivity contribution is 0.843. The summed E-state index contributed by atoms with van der Waals surface area (Å²) < 4.78 is 1.35. The van der Waals surface area contributed by atoms with Gasteiger partial charge in [0.1, 0.15) is 11.5 Å². The molecule has 2 aromatic heterocycles. The van der Waals surface area contributed by atoms with Gasteiger partial charge in [-0.15, -0.1) is 5.10 Å². The molecule has 0 spiro atoms. The zero-order valence-corrected chi connectivity index (χ0v) is 7.14. The SMILES string of the molecule is Nc1ccn(-c2nc[nH]c(=O)c2N)n1. The van der Waals surface area contributed by atoms with E-state index in [1.54, 1.807) is 12.3 Å². The maximum absolute atomic E-state index is 11.1. The van der Waals surface area contributed by atoms with E-state index in [1.807, 2.05) is 0 Å². The minimum absolute atomic E-state index is 0.00981. The van der Waals surface area contributed by atoms with E-state index in [1.165, 1.54) is 11.0 Å². The maximum Gasteiger partial charge on any atom is 0.276 e. The third kappa shape index (κ3) is 1.20. The molecule has 0 saturated heterocycles. The van der Waals surface area contributed by atoms with Crippen LogP contribution in [0, 0.1) is 0 Å². The van der Waals surface area contributed by atoms with Crippen LogP contribution in [0.4, 0.5) is 11.5 Å². The number of hydrogen-bond acceptors (Lipinski definition) is 5. The summed E-state index contributed by atoms with van der Waals surface area (Å²) in [5.74, 6) is 0.608. The molecule has 0 unspecified atom stereocenters. The van der Waals surface area contributed by atoms with Crippen molar-refractivity contribution in [3.63, 3.8) is 0 Å². The lowest BCUT2D eigenvalue weighted by atomic mass is 10.5. The van der Waals surface area contributed by atoms with Gasteiger partial charge in [-0.05, 0) is 0 Å². The van der Waals surface area contributed by atoms with Gasteiger partial charge in [0.25, 0.3) is 5.56 Å². The first-order valence-corrected chi connectivity index (χ1v) is 3.83. The molecule has 2 rings (SSSR count). The third-order valence-corrected chi connectivity index (χ3v) is 1.69. The molecule has 0 atom stereocenters. The molecule has 0 radical (unpaired) electrons. The number of nitrogens with two attached hydrogens (primary N) is 2. The summed E-state index contributed by atoms with van der Waals surface area (Å²) in [6.45, 7) is 0. The average molecular weight is 192 g/mol. The van der Waals surface area contributed by atoms with Crippen molar-refractivity contribution in [2.24, 2.45) is 0 Å². The van der Waals surface area contributed by atoms with Crippen molar-refractivity contribution in [3.05, 3.63) is 28.9 Å². The van der Waals surface area contributed by atoms with Gasteiger partial charge in [-0.3, -0.25) is 4.79 Å². The molecule has 7 heteroatoms. The van der Waals surface area contributed by atoms with Crippen LogP contribution in [0.15, 0.2) is 23.4 Å². The van der Waals surface area contributed by atoms with Gasteiger partial charge in [-0.2, -0.15) is 0 Å². The molecular weight excluding hydrogens is 184 g/mol. The molecule has 0 aliphatic carbocycles. The minimum Gasteiger partial charge on any atom is -0.391 e. The normalized spacial score (nSPS) is 10.3. The van der Waals surface area contributed by atoms with Crippen molar-refractivity contribution in [1.82, 2.24) is 19.7 Å². The third-order valence-electron chi connectivity index (χ3n) is 1.69. The van der Waals surface area contributed by atoms with Crippen molar-refractivity contribution in [3.8, 4) is 5.82 Å². The zero-order chi connectivity index (χ0) is 10.1. The molecule has 0 aliphatic rings. The summed E-state index contributed by atoms with van der Waals surface area (Å²) in [4.78, 5) is 17.4. The Hall–Kier alpha value is -2.31. The Bertz CT molecular complexity index is 513. The van der Waals surface area contributed by atoms with Crippen LogP contribution in [0.5, 0.6) is 0 Å². The molecule has 0 saturated carbocycles. The van der Waals surface area contributed by atoms with Crippen molar-refractivity contribution >= 4 is 11.5 Å².